The SMILES string of the molecule is Cc1ccc(F)c(C(=O)NCC(C)CCCl)c1. The van der Waals surface area contributed by atoms with E-state index in [0.29, 0.717) is 18.3 Å². The molecule has 4 heteroatoms. The molecule has 0 heterocycles. The molecule has 0 saturated carbocycles. The molecule has 1 amide bonds. The Hall–Kier alpha value is -1.09. The lowest BCUT2D eigenvalue weighted by Gasteiger charge is -2.11. The maximum absolute atomic E-state index is 13.4. The van der Waals surface area contributed by atoms with E-state index in [-0.39, 0.29) is 11.5 Å². The van der Waals surface area contributed by atoms with Crippen LogP contribution in [-0.2, 0) is 0 Å². The zero-order chi connectivity index (χ0) is 12.8. The van der Waals surface area contributed by atoms with Crippen molar-refractivity contribution >= 4 is 17.5 Å². The van der Waals surface area contributed by atoms with Crippen LogP contribution in [0, 0.1) is 18.7 Å². The first kappa shape index (κ1) is 14.0. The van der Waals surface area contributed by atoms with Gasteiger partial charge in [0.2, 0.25) is 0 Å². The van der Waals surface area contributed by atoms with Crippen LogP contribution in [0.25, 0.3) is 0 Å². The van der Waals surface area contributed by atoms with Gasteiger partial charge in [0.1, 0.15) is 5.82 Å². The molecule has 17 heavy (non-hydrogen) atoms. The lowest BCUT2D eigenvalue weighted by atomic mass is 10.1. The monoisotopic (exact) mass is 257 g/mol. The number of alkyl halides is 1. The summed E-state index contributed by atoms with van der Waals surface area (Å²) in [4.78, 5) is 11.7. The van der Waals surface area contributed by atoms with E-state index in [0.717, 1.165) is 12.0 Å². The normalized spacial score (nSPS) is 12.2. The molecule has 1 unspecified atom stereocenters. The van der Waals surface area contributed by atoms with Gasteiger partial charge in [-0.1, -0.05) is 18.6 Å². The van der Waals surface area contributed by atoms with Crippen LogP contribution in [0.1, 0.15) is 29.3 Å². The summed E-state index contributed by atoms with van der Waals surface area (Å²) in [6.45, 7) is 4.33. The van der Waals surface area contributed by atoms with Gasteiger partial charge in [0.25, 0.3) is 5.91 Å². The highest BCUT2D eigenvalue weighted by Crippen LogP contribution is 2.10. The quantitative estimate of drug-likeness (QED) is 0.807. The van der Waals surface area contributed by atoms with E-state index in [9.17, 15) is 9.18 Å². The summed E-state index contributed by atoms with van der Waals surface area (Å²) in [6, 6.07) is 4.51. The fourth-order valence-electron chi connectivity index (χ4n) is 1.46. The van der Waals surface area contributed by atoms with Crippen molar-refractivity contribution in [2.45, 2.75) is 20.3 Å². The summed E-state index contributed by atoms with van der Waals surface area (Å²) >= 11 is 5.60. The van der Waals surface area contributed by atoms with Crippen molar-refractivity contribution < 1.29 is 9.18 Å². The van der Waals surface area contributed by atoms with Gasteiger partial charge in [0.05, 0.1) is 5.56 Å². The second-order valence-electron chi connectivity index (χ2n) is 4.28. The van der Waals surface area contributed by atoms with Gasteiger partial charge in [0.15, 0.2) is 0 Å². The Morgan fingerprint density at radius 2 is 2.24 bits per heavy atom. The molecule has 0 aliphatic rings. The zero-order valence-electron chi connectivity index (χ0n) is 10.1. The van der Waals surface area contributed by atoms with Crippen molar-refractivity contribution in [1.82, 2.24) is 5.32 Å². The molecule has 2 nitrogen and oxygen atoms in total. The minimum absolute atomic E-state index is 0.100. The topological polar surface area (TPSA) is 29.1 Å². The highest BCUT2D eigenvalue weighted by Gasteiger charge is 2.12. The van der Waals surface area contributed by atoms with Crippen molar-refractivity contribution in [3.63, 3.8) is 0 Å². The summed E-state index contributed by atoms with van der Waals surface area (Å²) < 4.78 is 13.4. The molecule has 0 aromatic heterocycles. The van der Waals surface area contributed by atoms with Gasteiger partial charge < -0.3 is 5.32 Å². The Morgan fingerprint density at radius 3 is 2.88 bits per heavy atom. The van der Waals surface area contributed by atoms with Crippen LogP contribution in [-0.4, -0.2) is 18.3 Å². The summed E-state index contributed by atoms with van der Waals surface area (Å²) in [5.74, 6) is 0.00517. The number of rotatable bonds is 5. The maximum atomic E-state index is 13.4. The van der Waals surface area contributed by atoms with Crippen molar-refractivity contribution in [1.29, 1.82) is 0 Å². The molecule has 0 radical (unpaired) electrons. The van der Waals surface area contributed by atoms with Gasteiger partial charge in [-0.3, -0.25) is 4.79 Å². The van der Waals surface area contributed by atoms with Crippen LogP contribution in [0.15, 0.2) is 18.2 Å². The van der Waals surface area contributed by atoms with Crippen LogP contribution in [0.4, 0.5) is 4.39 Å². The first-order valence-corrected chi connectivity index (χ1v) is 6.18. The van der Waals surface area contributed by atoms with E-state index in [1.165, 1.54) is 6.07 Å². The van der Waals surface area contributed by atoms with Crippen LogP contribution < -0.4 is 5.32 Å². The first-order chi connectivity index (χ1) is 8.04. The van der Waals surface area contributed by atoms with Gasteiger partial charge in [-0.25, -0.2) is 4.39 Å². The number of aryl methyl sites for hydroxylation is 1. The Balaban J connectivity index is 2.61. The number of benzene rings is 1. The lowest BCUT2D eigenvalue weighted by molar-refractivity contribution is 0.0943. The molecule has 0 spiro atoms. The average Bonchev–Trinajstić information content (AvgIpc) is 2.29. The number of halogens is 2. The molecular weight excluding hydrogens is 241 g/mol. The minimum Gasteiger partial charge on any atom is -0.352 e. The Labute approximate surface area is 106 Å². The summed E-state index contributed by atoms with van der Waals surface area (Å²) in [6.07, 6.45) is 0.831. The molecule has 1 N–H and O–H groups in total. The van der Waals surface area contributed by atoms with Gasteiger partial charge in [-0.05, 0) is 31.4 Å². The number of hydrogen-bond donors (Lipinski definition) is 1. The van der Waals surface area contributed by atoms with Crippen molar-refractivity contribution in [2.24, 2.45) is 5.92 Å². The summed E-state index contributed by atoms with van der Waals surface area (Å²) in [5, 5.41) is 2.71. The van der Waals surface area contributed by atoms with E-state index in [2.05, 4.69) is 5.32 Å². The van der Waals surface area contributed by atoms with Gasteiger partial charge in [-0.15, -0.1) is 11.6 Å². The third-order valence-corrected chi connectivity index (χ3v) is 2.80. The molecule has 0 fully saturated rings. The van der Waals surface area contributed by atoms with Crippen molar-refractivity contribution in [3.05, 3.63) is 35.1 Å². The summed E-state index contributed by atoms with van der Waals surface area (Å²) in [7, 11) is 0. The lowest BCUT2D eigenvalue weighted by Crippen LogP contribution is -2.29. The summed E-state index contributed by atoms with van der Waals surface area (Å²) in [5.41, 5.74) is 0.966. The molecule has 1 aromatic rings. The average molecular weight is 258 g/mol. The Bertz CT molecular complexity index is 395. The molecule has 94 valence electrons. The maximum Gasteiger partial charge on any atom is 0.254 e. The molecule has 1 rings (SSSR count). The number of hydrogen-bond acceptors (Lipinski definition) is 1. The van der Waals surface area contributed by atoms with E-state index in [1.54, 1.807) is 12.1 Å². The standard InChI is InChI=1S/C13H17ClFNO/c1-9-3-4-12(15)11(7-9)13(17)16-8-10(2)5-6-14/h3-4,7,10H,5-6,8H2,1-2H3,(H,16,17). The number of carbonyl (C=O) groups excluding carboxylic acids is 1. The second-order valence-corrected chi connectivity index (χ2v) is 4.65. The van der Waals surface area contributed by atoms with Crippen LogP contribution in [0.5, 0.6) is 0 Å². The van der Waals surface area contributed by atoms with Crippen LogP contribution in [0.3, 0.4) is 0 Å². The highest BCUT2D eigenvalue weighted by molar-refractivity contribution is 6.17. The molecule has 0 aliphatic heterocycles. The van der Waals surface area contributed by atoms with Gasteiger partial charge in [0, 0.05) is 12.4 Å². The highest BCUT2D eigenvalue weighted by atomic mass is 35.5. The smallest absolute Gasteiger partial charge is 0.254 e. The predicted octanol–water partition coefficient (Wildman–Crippen LogP) is 3.13. The van der Waals surface area contributed by atoms with E-state index in [1.807, 2.05) is 13.8 Å². The predicted molar refractivity (Wildman–Crippen MR) is 68.0 cm³/mol. The fourth-order valence-corrected chi connectivity index (χ4v) is 1.84. The first-order valence-electron chi connectivity index (χ1n) is 5.65. The Kier molecular flexibility index (Phi) is 5.42. The van der Waals surface area contributed by atoms with Crippen molar-refractivity contribution in [3.8, 4) is 0 Å². The number of amides is 1. The van der Waals surface area contributed by atoms with E-state index >= 15 is 0 Å². The largest absolute Gasteiger partial charge is 0.352 e. The fraction of sp³-hybridized carbons (Fsp3) is 0.462. The third-order valence-electron chi connectivity index (χ3n) is 2.58. The molecule has 0 saturated heterocycles. The van der Waals surface area contributed by atoms with Crippen LogP contribution >= 0.6 is 11.6 Å². The Morgan fingerprint density at radius 1 is 1.53 bits per heavy atom. The number of carbonyl (C=O) groups is 1. The van der Waals surface area contributed by atoms with Gasteiger partial charge >= 0.3 is 0 Å². The second kappa shape index (κ2) is 6.60. The molecule has 0 aliphatic carbocycles. The third kappa shape index (κ3) is 4.35. The van der Waals surface area contributed by atoms with Crippen LogP contribution in [0.2, 0.25) is 0 Å². The minimum atomic E-state index is -0.488. The molecular formula is C13H17ClFNO. The number of nitrogens with one attached hydrogen (secondary N) is 1. The molecule has 0 bridgehead atoms. The molecule has 1 atom stereocenters. The zero-order valence-corrected chi connectivity index (χ0v) is 10.9. The van der Waals surface area contributed by atoms with E-state index in [4.69, 9.17) is 11.6 Å². The van der Waals surface area contributed by atoms with E-state index < -0.39 is 5.82 Å². The van der Waals surface area contributed by atoms with Crippen molar-refractivity contribution in [2.75, 3.05) is 12.4 Å². The van der Waals surface area contributed by atoms with Gasteiger partial charge in [-0.2, -0.15) is 0 Å². The molecule has 1 aromatic carbocycles.